The van der Waals surface area contributed by atoms with Crippen molar-refractivity contribution in [2.75, 3.05) is 0 Å². The lowest BCUT2D eigenvalue weighted by Gasteiger charge is -1.87. The Morgan fingerprint density at radius 1 is 1.71 bits per heavy atom. The standard InChI is InChI=1S/C7H11/c1-4-6-7(3)5-2/h1,4-5H,6H2,2-3H3. The van der Waals surface area contributed by atoms with Gasteiger partial charge in [-0.1, -0.05) is 24.3 Å². The number of hydrogen-bond acceptors (Lipinski definition) is 0. The second-order valence-corrected chi connectivity index (χ2v) is 1.57. The van der Waals surface area contributed by atoms with Crippen molar-refractivity contribution < 1.29 is 0 Å². The number of hydrogen-bond donors (Lipinski definition) is 0. The van der Waals surface area contributed by atoms with Crippen molar-refractivity contribution in [2.45, 2.75) is 20.3 Å². The highest BCUT2D eigenvalue weighted by Gasteiger charge is 1.76. The zero-order valence-electron chi connectivity index (χ0n) is 4.94. The van der Waals surface area contributed by atoms with Crippen LogP contribution >= 0.6 is 0 Å². The van der Waals surface area contributed by atoms with Gasteiger partial charge in [0, 0.05) is 0 Å². The summed E-state index contributed by atoms with van der Waals surface area (Å²) in [4.78, 5) is 0. The van der Waals surface area contributed by atoms with E-state index < -0.39 is 0 Å². The van der Waals surface area contributed by atoms with Crippen molar-refractivity contribution in [3.8, 4) is 0 Å². The van der Waals surface area contributed by atoms with Gasteiger partial charge >= 0.3 is 0 Å². The minimum atomic E-state index is 0.913. The molecule has 0 bridgehead atoms. The molecular weight excluding hydrogens is 84.1 g/mol. The van der Waals surface area contributed by atoms with Crippen LogP contribution in [0, 0.1) is 6.58 Å². The van der Waals surface area contributed by atoms with Gasteiger partial charge in [0.25, 0.3) is 0 Å². The summed E-state index contributed by atoms with van der Waals surface area (Å²) in [6, 6.07) is 0. The molecule has 0 aromatic carbocycles. The van der Waals surface area contributed by atoms with Gasteiger partial charge in [-0.25, -0.2) is 0 Å². The molecule has 0 saturated heterocycles. The van der Waals surface area contributed by atoms with Crippen LogP contribution in [0.1, 0.15) is 20.3 Å². The maximum Gasteiger partial charge on any atom is -0.0139 e. The van der Waals surface area contributed by atoms with E-state index in [4.69, 9.17) is 6.58 Å². The van der Waals surface area contributed by atoms with Gasteiger partial charge in [-0.15, -0.1) is 0 Å². The Kier molecular flexibility index (Phi) is 3.39. The largest absolute Gasteiger partial charge is 0.0884 e. The molecule has 0 aliphatic rings. The Hall–Kier alpha value is -0.520. The van der Waals surface area contributed by atoms with E-state index in [0.717, 1.165) is 6.42 Å². The Morgan fingerprint density at radius 3 is 2.43 bits per heavy atom. The Labute approximate surface area is 45.5 Å². The first kappa shape index (κ1) is 6.48. The summed E-state index contributed by atoms with van der Waals surface area (Å²) < 4.78 is 0. The normalized spacial score (nSPS) is 11.4. The molecule has 0 heterocycles. The van der Waals surface area contributed by atoms with Gasteiger partial charge in [0.2, 0.25) is 0 Å². The van der Waals surface area contributed by atoms with Gasteiger partial charge in [0.1, 0.15) is 0 Å². The fourth-order valence-corrected chi connectivity index (χ4v) is 0.304. The molecule has 0 spiro atoms. The minimum absolute atomic E-state index is 0.913. The zero-order valence-corrected chi connectivity index (χ0v) is 4.94. The smallest absolute Gasteiger partial charge is 0.0139 e. The third kappa shape index (κ3) is 3.31. The first-order valence-electron chi connectivity index (χ1n) is 2.46. The van der Waals surface area contributed by atoms with E-state index in [0.29, 0.717) is 0 Å². The van der Waals surface area contributed by atoms with Gasteiger partial charge in [0.05, 0.1) is 0 Å². The summed E-state index contributed by atoms with van der Waals surface area (Å²) in [5.41, 5.74) is 1.32. The van der Waals surface area contributed by atoms with Crippen molar-refractivity contribution in [1.29, 1.82) is 0 Å². The molecule has 0 atom stereocenters. The van der Waals surface area contributed by atoms with E-state index in [2.05, 4.69) is 13.0 Å². The molecule has 39 valence electrons. The molecular formula is C7H11. The molecule has 0 aromatic heterocycles. The molecule has 0 aromatic rings. The van der Waals surface area contributed by atoms with Crippen LogP contribution in [0.25, 0.3) is 0 Å². The van der Waals surface area contributed by atoms with E-state index in [1.165, 1.54) is 5.57 Å². The average molecular weight is 95.2 g/mol. The minimum Gasteiger partial charge on any atom is -0.0884 e. The van der Waals surface area contributed by atoms with Gasteiger partial charge in [-0.2, -0.15) is 0 Å². The number of allylic oxidation sites excluding steroid dienone is 3. The quantitative estimate of drug-likeness (QED) is 0.462. The first-order valence-corrected chi connectivity index (χ1v) is 2.46. The van der Waals surface area contributed by atoms with Crippen molar-refractivity contribution in [3.63, 3.8) is 0 Å². The molecule has 0 rings (SSSR count). The fraction of sp³-hybridized carbons (Fsp3) is 0.429. The highest BCUT2D eigenvalue weighted by atomic mass is 13.8. The summed E-state index contributed by atoms with van der Waals surface area (Å²) in [5.74, 6) is 0. The molecule has 7 heavy (non-hydrogen) atoms. The summed E-state index contributed by atoms with van der Waals surface area (Å²) in [6.07, 6.45) is 4.63. The van der Waals surface area contributed by atoms with E-state index in [9.17, 15) is 0 Å². The summed E-state index contributed by atoms with van der Waals surface area (Å²) >= 11 is 0. The van der Waals surface area contributed by atoms with Crippen LogP contribution in [0.2, 0.25) is 0 Å². The van der Waals surface area contributed by atoms with Crippen molar-refractivity contribution in [2.24, 2.45) is 0 Å². The molecule has 0 N–H and O–H groups in total. The molecule has 0 aliphatic heterocycles. The van der Waals surface area contributed by atoms with Gasteiger partial charge in [-0.05, 0) is 20.3 Å². The first-order chi connectivity index (χ1) is 3.31. The van der Waals surface area contributed by atoms with Crippen LogP contribution in [-0.4, -0.2) is 0 Å². The van der Waals surface area contributed by atoms with Crippen molar-refractivity contribution in [3.05, 3.63) is 24.3 Å². The molecule has 0 fully saturated rings. The lowest BCUT2D eigenvalue weighted by Crippen LogP contribution is -1.66. The van der Waals surface area contributed by atoms with Gasteiger partial charge < -0.3 is 0 Å². The average Bonchev–Trinajstić information content (AvgIpc) is 1.68. The van der Waals surface area contributed by atoms with Crippen LogP contribution < -0.4 is 0 Å². The van der Waals surface area contributed by atoms with E-state index in [1.807, 2.05) is 6.92 Å². The topological polar surface area (TPSA) is 0 Å². The second-order valence-electron chi connectivity index (χ2n) is 1.57. The van der Waals surface area contributed by atoms with Gasteiger partial charge in [0.15, 0.2) is 0 Å². The molecule has 0 aliphatic carbocycles. The predicted molar refractivity (Wildman–Crippen MR) is 32.9 cm³/mol. The van der Waals surface area contributed by atoms with E-state index >= 15 is 0 Å². The Morgan fingerprint density at radius 2 is 2.29 bits per heavy atom. The molecule has 0 nitrogen and oxygen atoms in total. The third-order valence-electron chi connectivity index (χ3n) is 0.933. The zero-order chi connectivity index (χ0) is 5.70. The summed E-state index contributed by atoms with van der Waals surface area (Å²) in [6.45, 7) is 9.21. The fourth-order valence-electron chi connectivity index (χ4n) is 0.304. The second kappa shape index (κ2) is 3.66. The number of rotatable bonds is 2. The lowest BCUT2D eigenvalue weighted by molar-refractivity contribution is 1.20. The van der Waals surface area contributed by atoms with Crippen LogP contribution in [0.4, 0.5) is 0 Å². The Balaban J connectivity index is 3.36. The molecule has 0 saturated carbocycles. The summed E-state index contributed by atoms with van der Waals surface area (Å²) in [5, 5.41) is 0. The highest BCUT2D eigenvalue weighted by molar-refractivity contribution is 4.99. The summed E-state index contributed by atoms with van der Waals surface area (Å²) in [7, 11) is 0. The van der Waals surface area contributed by atoms with Crippen LogP contribution in [0.3, 0.4) is 0 Å². The maximum absolute atomic E-state index is 5.14. The van der Waals surface area contributed by atoms with Crippen molar-refractivity contribution >= 4 is 0 Å². The Bertz CT molecular complexity index is 78.0. The van der Waals surface area contributed by atoms with Crippen LogP contribution in [-0.2, 0) is 0 Å². The van der Waals surface area contributed by atoms with Gasteiger partial charge in [-0.3, -0.25) is 0 Å². The maximum atomic E-state index is 5.14. The molecule has 0 heteroatoms. The highest BCUT2D eigenvalue weighted by Crippen LogP contribution is 1.96. The molecule has 1 radical (unpaired) electrons. The molecule has 0 unspecified atom stereocenters. The van der Waals surface area contributed by atoms with E-state index in [-0.39, 0.29) is 0 Å². The third-order valence-corrected chi connectivity index (χ3v) is 0.933. The van der Waals surface area contributed by atoms with E-state index in [1.54, 1.807) is 6.08 Å². The lowest BCUT2D eigenvalue weighted by atomic mass is 10.2. The molecule has 0 amide bonds. The predicted octanol–water partition coefficient (Wildman–Crippen LogP) is 2.33. The van der Waals surface area contributed by atoms with Crippen LogP contribution in [0.15, 0.2) is 17.7 Å². The monoisotopic (exact) mass is 95.1 g/mol. The van der Waals surface area contributed by atoms with Crippen molar-refractivity contribution in [1.82, 2.24) is 0 Å². The van der Waals surface area contributed by atoms with Crippen LogP contribution in [0.5, 0.6) is 0 Å². The SMILES string of the molecule is [CH]=CCC(C)=CC.